The van der Waals surface area contributed by atoms with Crippen LogP contribution in [0.25, 0.3) is 5.57 Å². The van der Waals surface area contributed by atoms with E-state index in [-0.39, 0.29) is 0 Å². The Labute approximate surface area is 108 Å². The molecule has 1 aromatic rings. The van der Waals surface area contributed by atoms with Gasteiger partial charge in [-0.1, -0.05) is 37.6 Å². The molecule has 0 aliphatic heterocycles. The first-order valence-corrected chi connectivity index (χ1v) is 6.74. The summed E-state index contributed by atoms with van der Waals surface area (Å²) in [6.45, 7) is 2.19. The van der Waals surface area contributed by atoms with Gasteiger partial charge in [-0.3, -0.25) is 0 Å². The van der Waals surface area contributed by atoms with Crippen molar-refractivity contribution in [3.8, 4) is 0 Å². The standard InChI is InChI=1S/C16H20O2/c1-2-3-4-12-5-7-13(8-6-12)15(11-16(17)18)14-9-10-14/h5-8,11,14H,2-4,9-10H2,1H3,(H,17,18)/b15-11-. The van der Waals surface area contributed by atoms with Crippen molar-refractivity contribution < 1.29 is 9.90 Å². The van der Waals surface area contributed by atoms with E-state index in [9.17, 15) is 4.79 Å². The summed E-state index contributed by atoms with van der Waals surface area (Å²) in [7, 11) is 0. The fourth-order valence-electron chi connectivity index (χ4n) is 2.21. The fourth-order valence-corrected chi connectivity index (χ4v) is 2.21. The van der Waals surface area contributed by atoms with E-state index < -0.39 is 5.97 Å². The molecule has 0 spiro atoms. The Morgan fingerprint density at radius 3 is 2.50 bits per heavy atom. The minimum atomic E-state index is -0.841. The molecule has 1 aromatic carbocycles. The molecule has 1 aliphatic carbocycles. The van der Waals surface area contributed by atoms with Crippen molar-refractivity contribution in [2.45, 2.75) is 39.0 Å². The monoisotopic (exact) mass is 244 g/mol. The Bertz CT molecular complexity index is 439. The highest BCUT2D eigenvalue weighted by Crippen LogP contribution is 2.41. The molecule has 0 saturated heterocycles. The van der Waals surface area contributed by atoms with Crippen LogP contribution in [0.4, 0.5) is 0 Å². The molecule has 0 amide bonds. The van der Waals surface area contributed by atoms with Gasteiger partial charge in [-0.2, -0.15) is 0 Å². The number of hydrogen-bond donors (Lipinski definition) is 1. The number of carboxylic acid groups (broad SMARTS) is 1. The van der Waals surface area contributed by atoms with E-state index in [4.69, 9.17) is 5.11 Å². The number of hydrogen-bond acceptors (Lipinski definition) is 1. The van der Waals surface area contributed by atoms with Gasteiger partial charge in [0.05, 0.1) is 0 Å². The second-order valence-electron chi connectivity index (χ2n) is 5.01. The zero-order valence-corrected chi connectivity index (χ0v) is 10.9. The summed E-state index contributed by atoms with van der Waals surface area (Å²) in [4.78, 5) is 10.8. The summed E-state index contributed by atoms with van der Waals surface area (Å²) in [5.41, 5.74) is 3.40. The minimum Gasteiger partial charge on any atom is -0.478 e. The second-order valence-corrected chi connectivity index (χ2v) is 5.01. The van der Waals surface area contributed by atoms with Crippen LogP contribution in [0, 0.1) is 5.92 Å². The van der Waals surface area contributed by atoms with E-state index in [0.29, 0.717) is 5.92 Å². The Balaban J connectivity index is 2.13. The van der Waals surface area contributed by atoms with Crippen molar-refractivity contribution in [2.75, 3.05) is 0 Å². The van der Waals surface area contributed by atoms with Crippen LogP contribution in [-0.2, 0) is 11.2 Å². The highest BCUT2D eigenvalue weighted by atomic mass is 16.4. The van der Waals surface area contributed by atoms with Gasteiger partial charge in [0.2, 0.25) is 0 Å². The molecule has 2 nitrogen and oxygen atoms in total. The van der Waals surface area contributed by atoms with Gasteiger partial charge < -0.3 is 5.11 Å². The van der Waals surface area contributed by atoms with Crippen LogP contribution in [0.2, 0.25) is 0 Å². The molecule has 0 bridgehead atoms. The predicted molar refractivity (Wildman–Crippen MR) is 73.4 cm³/mol. The van der Waals surface area contributed by atoms with E-state index in [1.54, 1.807) is 0 Å². The van der Waals surface area contributed by atoms with Gasteiger partial charge in [0.15, 0.2) is 0 Å². The van der Waals surface area contributed by atoms with Gasteiger partial charge in [0.25, 0.3) is 0 Å². The zero-order valence-electron chi connectivity index (χ0n) is 10.9. The van der Waals surface area contributed by atoms with Gasteiger partial charge in [-0.25, -0.2) is 4.79 Å². The summed E-state index contributed by atoms with van der Waals surface area (Å²) in [6.07, 6.45) is 7.14. The van der Waals surface area contributed by atoms with Crippen LogP contribution in [0.15, 0.2) is 30.3 Å². The van der Waals surface area contributed by atoms with Crippen molar-refractivity contribution >= 4 is 11.5 Å². The number of carboxylic acids is 1. The third kappa shape index (κ3) is 3.46. The van der Waals surface area contributed by atoms with E-state index >= 15 is 0 Å². The lowest BCUT2D eigenvalue weighted by Gasteiger charge is -2.07. The third-order valence-corrected chi connectivity index (χ3v) is 3.40. The van der Waals surface area contributed by atoms with Crippen molar-refractivity contribution in [3.05, 3.63) is 41.5 Å². The van der Waals surface area contributed by atoms with Crippen LogP contribution in [0.1, 0.15) is 43.7 Å². The molecule has 0 heterocycles. The molecular formula is C16H20O2. The summed E-state index contributed by atoms with van der Waals surface area (Å²) >= 11 is 0. The molecular weight excluding hydrogens is 224 g/mol. The van der Waals surface area contributed by atoms with Gasteiger partial charge in [-0.05, 0) is 48.3 Å². The highest BCUT2D eigenvalue weighted by Gasteiger charge is 2.27. The molecule has 0 radical (unpaired) electrons. The zero-order chi connectivity index (χ0) is 13.0. The van der Waals surface area contributed by atoms with Crippen molar-refractivity contribution in [1.82, 2.24) is 0 Å². The predicted octanol–water partition coefficient (Wildman–Crippen LogP) is 3.91. The van der Waals surface area contributed by atoms with Crippen molar-refractivity contribution in [3.63, 3.8) is 0 Å². The summed E-state index contributed by atoms with van der Waals surface area (Å²) in [5, 5.41) is 8.92. The molecule has 1 fully saturated rings. The van der Waals surface area contributed by atoms with E-state index in [1.807, 2.05) is 0 Å². The fraction of sp³-hybridized carbons (Fsp3) is 0.438. The molecule has 96 valence electrons. The average molecular weight is 244 g/mol. The Hall–Kier alpha value is -1.57. The van der Waals surface area contributed by atoms with E-state index in [1.165, 1.54) is 24.5 Å². The number of carbonyl (C=O) groups is 1. The summed E-state index contributed by atoms with van der Waals surface area (Å²) < 4.78 is 0. The first-order valence-electron chi connectivity index (χ1n) is 6.74. The molecule has 1 aliphatic rings. The largest absolute Gasteiger partial charge is 0.478 e. The number of benzene rings is 1. The Morgan fingerprint density at radius 2 is 2.00 bits per heavy atom. The number of aliphatic carboxylic acids is 1. The lowest BCUT2D eigenvalue weighted by Crippen LogP contribution is -1.95. The molecule has 1 saturated carbocycles. The van der Waals surface area contributed by atoms with E-state index in [0.717, 1.165) is 30.4 Å². The molecule has 0 atom stereocenters. The maximum Gasteiger partial charge on any atom is 0.328 e. The summed E-state index contributed by atoms with van der Waals surface area (Å²) in [5.74, 6) is -0.380. The molecule has 1 N–H and O–H groups in total. The maximum absolute atomic E-state index is 10.8. The lowest BCUT2D eigenvalue weighted by atomic mass is 9.98. The number of rotatable bonds is 6. The van der Waals surface area contributed by atoms with E-state index in [2.05, 4.69) is 31.2 Å². The Morgan fingerprint density at radius 1 is 1.33 bits per heavy atom. The third-order valence-electron chi connectivity index (χ3n) is 3.40. The van der Waals surface area contributed by atoms with Gasteiger partial charge in [-0.15, -0.1) is 0 Å². The molecule has 2 heteroatoms. The topological polar surface area (TPSA) is 37.3 Å². The smallest absolute Gasteiger partial charge is 0.328 e. The Kier molecular flexibility index (Phi) is 4.19. The average Bonchev–Trinajstić information content (AvgIpc) is 3.18. The maximum atomic E-state index is 10.8. The highest BCUT2D eigenvalue weighted by molar-refractivity contribution is 5.91. The van der Waals surface area contributed by atoms with Gasteiger partial charge >= 0.3 is 5.97 Å². The first kappa shape index (κ1) is 12.9. The van der Waals surface area contributed by atoms with Gasteiger partial charge in [0.1, 0.15) is 0 Å². The molecule has 2 rings (SSSR count). The van der Waals surface area contributed by atoms with Crippen molar-refractivity contribution in [1.29, 1.82) is 0 Å². The van der Waals surface area contributed by atoms with Gasteiger partial charge in [0, 0.05) is 6.08 Å². The first-order chi connectivity index (χ1) is 8.70. The number of aryl methyl sites for hydroxylation is 1. The van der Waals surface area contributed by atoms with Crippen LogP contribution in [-0.4, -0.2) is 11.1 Å². The van der Waals surface area contributed by atoms with Crippen LogP contribution in [0.3, 0.4) is 0 Å². The number of allylic oxidation sites excluding steroid dienone is 1. The summed E-state index contributed by atoms with van der Waals surface area (Å²) in [6, 6.07) is 8.39. The van der Waals surface area contributed by atoms with Crippen LogP contribution < -0.4 is 0 Å². The molecule has 0 unspecified atom stereocenters. The van der Waals surface area contributed by atoms with Crippen LogP contribution in [0.5, 0.6) is 0 Å². The number of unbranched alkanes of at least 4 members (excludes halogenated alkanes) is 1. The molecule has 18 heavy (non-hydrogen) atoms. The second kappa shape index (κ2) is 5.85. The van der Waals surface area contributed by atoms with Crippen molar-refractivity contribution in [2.24, 2.45) is 5.92 Å². The lowest BCUT2D eigenvalue weighted by molar-refractivity contribution is -0.131. The van der Waals surface area contributed by atoms with Crippen LogP contribution >= 0.6 is 0 Å². The normalized spacial score (nSPS) is 15.7. The minimum absolute atomic E-state index is 0.461. The molecule has 0 aromatic heterocycles. The quantitative estimate of drug-likeness (QED) is 0.770. The SMILES string of the molecule is CCCCc1ccc(/C(=C/C(=O)O)C2CC2)cc1.